The number of carboxylic acids is 1. The minimum Gasteiger partial charge on any atom is -0.481 e. The molecule has 1 atom stereocenters. The second kappa shape index (κ2) is 6.70. The normalized spacial score (nSPS) is 18.0. The second-order valence-corrected chi connectivity index (χ2v) is 5.26. The number of hydrogen-bond acceptors (Lipinski definition) is 3. The molecule has 5 heteroatoms. The largest absolute Gasteiger partial charge is 0.481 e. The number of hydrogen-bond donors (Lipinski definition) is 1. The summed E-state index contributed by atoms with van der Waals surface area (Å²) in [6.45, 7) is 5.29. The highest BCUT2D eigenvalue weighted by molar-refractivity contribution is 5.66. The molecule has 0 saturated carbocycles. The zero-order valence-electron chi connectivity index (χ0n) is 11.8. The summed E-state index contributed by atoms with van der Waals surface area (Å²) in [6.07, 6.45) is 0.865. The van der Waals surface area contributed by atoms with Crippen LogP contribution in [0.2, 0.25) is 0 Å². The fraction of sp³-hybridized carbons (Fsp3) is 0.533. The number of anilines is 1. The van der Waals surface area contributed by atoms with Crippen LogP contribution in [0.25, 0.3) is 0 Å². The summed E-state index contributed by atoms with van der Waals surface area (Å²) in [5, 5.41) is 8.71. The van der Waals surface area contributed by atoms with Crippen molar-refractivity contribution >= 4 is 11.7 Å². The smallest absolute Gasteiger partial charge is 0.303 e. The molecule has 1 heterocycles. The van der Waals surface area contributed by atoms with Crippen LogP contribution in [0.3, 0.4) is 0 Å². The highest BCUT2D eigenvalue weighted by atomic mass is 19.1. The number of aliphatic carboxylic acids is 1. The summed E-state index contributed by atoms with van der Waals surface area (Å²) in [5.41, 5.74) is 0.658. The van der Waals surface area contributed by atoms with Gasteiger partial charge < -0.3 is 10.0 Å². The van der Waals surface area contributed by atoms with Crippen LogP contribution in [0.15, 0.2) is 24.3 Å². The van der Waals surface area contributed by atoms with E-state index < -0.39 is 5.97 Å². The SMILES string of the molecule is CC(CCC(=O)O)N1CCN(c2ccccc2F)CC1. The maximum absolute atomic E-state index is 13.7. The molecule has 1 saturated heterocycles. The van der Waals surface area contributed by atoms with Crippen molar-refractivity contribution in [2.24, 2.45) is 0 Å². The number of piperazine rings is 1. The van der Waals surface area contributed by atoms with Gasteiger partial charge in [-0.3, -0.25) is 9.69 Å². The average molecular weight is 280 g/mol. The molecule has 1 fully saturated rings. The molecule has 0 aliphatic carbocycles. The lowest BCUT2D eigenvalue weighted by Crippen LogP contribution is -2.49. The number of halogens is 1. The fourth-order valence-corrected chi connectivity index (χ4v) is 2.63. The van der Waals surface area contributed by atoms with Crippen molar-refractivity contribution < 1.29 is 14.3 Å². The van der Waals surface area contributed by atoms with Crippen molar-refractivity contribution in [1.82, 2.24) is 4.90 Å². The van der Waals surface area contributed by atoms with Crippen molar-refractivity contribution in [3.63, 3.8) is 0 Å². The topological polar surface area (TPSA) is 43.8 Å². The Labute approximate surface area is 118 Å². The van der Waals surface area contributed by atoms with Gasteiger partial charge in [0.05, 0.1) is 5.69 Å². The first-order valence-corrected chi connectivity index (χ1v) is 7.03. The van der Waals surface area contributed by atoms with Crippen LogP contribution in [-0.4, -0.2) is 48.2 Å². The Balaban J connectivity index is 1.86. The highest BCUT2D eigenvalue weighted by Gasteiger charge is 2.22. The molecule has 0 aromatic heterocycles. The first-order valence-electron chi connectivity index (χ1n) is 7.03. The van der Waals surface area contributed by atoms with Crippen LogP contribution in [0.5, 0.6) is 0 Å². The molecule has 1 aliphatic rings. The van der Waals surface area contributed by atoms with E-state index in [1.165, 1.54) is 6.07 Å². The first-order chi connectivity index (χ1) is 9.58. The molecule has 1 aliphatic heterocycles. The van der Waals surface area contributed by atoms with Crippen LogP contribution in [0.4, 0.5) is 10.1 Å². The maximum atomic E-state index is 13.7. The summed E-state index contributed by atoms with van der Waals surface area (Å²) in [7, 11) is 0. The van der Waals surface area contributed by atoms with E-state index in [4.69, 9.17) is 5.11 Å². The van der Waals surface area contributed by atoms with Gasteiger partial charge in [-0.2, -0.15) is 0 Å². The predicted octanol–water partition coefficient (Wildman–Crippen LogP) is 2.20. The molecule has 1 N–H and O–H groups in total. The Hall–Kier alpha value is -1.62. The van der Waals surface area contributed by atoms with Crippen molar-refractivity contribution in [1.29, 1.82) is 0 Å². The Morgan fingerprint density at radius 1 is 1.30 bits per heavy atom. The molecule has 1 aromatic rings. The Bertz CT molecular complexity index is 459. The minimum atomic E-state index is -0.748. The quantitative estimate of drug-likeness (QED) is 0.898. The number of para-hydroxylation sites is 1. The van der Waals surface area contributed by atoms with E-state index in [9.17, 15) is 9.18 Å². The average Bonchev–Trinajstić information content (AvgIpc) is 2.45. The van der Waals surface area contributed by atoms with Gasteiger partial charge in [-0.15, -0.1) is 0 Å². The van der Waals surface area contributed by atoms with E-state index in [1.807, 2.05) is 6.07 Å². The van der Waals surface area contributed by atoms with Gasteiger partial charge in [0, 0.05) is 38.6 Å². The second-order valence-electron chi connectivity index (χ2n) is 5.26. The number of nitrogens with zero attached hydrogens (tertiary/aromatic N) is 2. The Morgan fingerprint density at radius 3 is 2.55 bits per heavy atom. The number of rotatable bonds is 5. The van der Waals surface area contributed by atoms with E-state index in [0.717, 1.165) is 26.2 Å². The molecule has 20 heavy (non-hydrogen) atoms. The maximum Gasteiger partial charge on any atom is 0.303 e. The number of carboxylic acid groups (broad SMARTS) is 1. The fourth-order valence-electron chi connectivity index (χ4n) is 2.63. The van der Waals surface area contributed by atoms with Crippen LogP contribution < -0.4 is 4.90 Å². The van der Waals surface area contributed by atoms with Crippen LogP contribution in [0.1, 0.15) is 19.8 Å². The van der Waals surface area contributed by atoms with Crippen LogP contribution in [0, 0.1) is 5.82 Å². The van der Waals surface area contributed by atoms with Gasteiger partial charge in [0.25, 0.3) is 0 Å². The van der Waals surface area contributed by atoms with E-state index in [2.05, 4.69) is 16.7 Å². The van der Waals surface area contributed by atoms with Gasteiger partial charge in [-0.1, -0.05) is 12.1 Å². The third-order valence-corrected chi connectivity index (χ3v) is 3.91. The highest BCUT2D eigenvalue weighted by Crippen LogP contribution is 2.21. The molecule has 1 unspecified atom stereocenters. The molecular weight excluding hydrogens is 259 g/mol. The number of carbonyl (C=O) groups is 1. The molecule has 0 bridgehead atoms. The minimum absolute atomic E-state index is 0.181. The summed E-state index contributed by atoms with van der Waals surface area (Å²) in [4.78, 5) is 14.9. The van der Waals surface area contributed by atoms with E-state index in [1.54, 1.807) is 12.1 Å². The molecule has 0 amide bonds. The zero-order chi connectivity index (χ0) is 14.5. The standard InChI is InChI=1S/C15H21FN2O2/c1-12(6-7-15(19)20)17-8-10-18(11-9-17)14-5-3-2-4-13(14)16/h2-5,12H,6-11H2,1H3,(H,19,20). The summed E-state index contributed by atoms with van der Waals surface area (Å²) < 4.78 is 13.7. The van der Waals surface area contributed by atoms with Gasteiger partial charge in [0.15, 0.2) is 0 Å². The van der Waals surface area contributed by atoms with Gasteiger partial charge in [0.1, 0.15) is 5.82 Å². The van der Waals surface area contributed by atoms with Crippen LogP contribution >= 0.6 is 0 Å². The molecule has 0 spiro atoms. The molecule has 110 valence electrons. The molecule has 1 aromatic carbocycles. The van der Waals surface area contributed by atoms with Gasteiger partial charge in [0.2, 0.25) is 0 Å². The van der Waals surface area contributed by atoms with Gasteiger partial charge in [-0.05, 0) is 25.5 Å². The van der Waals surface area contributed by atoms with E-state index in [-0.39, 0.29) is 18.3 Å². The molecule has 2 rings (SSSR count). The van der Waals surface area contributed by atoms with Crippen molar-refractivity contribution in [2.45, 2.75) is 25.8 Å². The molecule has 4 nitrogen and oxygen atoms in total. The lowest BCUT2D eigenvalue weighted by molar-refractivity contribution is -0.137. The zero-order valence-corrected chi connectivity index (χ0v) is 11.8. The third-order valence-electron chi connectivity index (χ3n) is 3.91. The van der Waals surface area contributed by atoms with E-state index >= 15 is 0 Å². The lowest BCUT2D eigenvalue weighted by Gasteiger charge is -2.39. The number of benzene rings is 1. The third kappa shape index (κ3) is 3.70. The molecular formula is C15H21FN2O2. The summed E-state index contributed by atoms with van der Waals surface area (Å²) in [6, 6.07) is 7.09. The van der Waals surface area contributed by atoms with Crippen LogP contribution in [-0.2, 0) is 4.79 Å². The summed E-state index contributed by atoms with van der Waals surface area (Å²) >= 11 is 0. The summed E-state index contributed by atoms with van der Waals surface area (Å²) in [5.74, 6) is -0.929. The Morgan fingerprint density at radius 2 is 1.95 bits per heavy atom. The van der Waals surface area contributed by atoms with E-state index in [0.29, 0.717) is 12.1 Å². The van der Waals surface area contributed by atoms with Crippen molar-refractivity contribution in [3.05, 3.63) is 30.1 Å². The van der Waals surface area contributed by atoms with Crippen molar-refractivity contribution in [3.8, 4) is 0 Å². The molecule has 0 radical (unpaired) electrons. The Kier molecular flexibility index (Phi) is 4.95. The first kappa shape index (κ1) is 14.8. The van der Waals surface area contributed by atoms with Gasteiger partial charge >= 0.3 is 5.97 Å². The van der Waals surface area contributed by atoms with Crippen molar-refractivity contribution in [2.75, 3.05) is 31.1 Å². The monoisotopic (exact) mass is 280 g/mol. The van der Waals surface area contributed by atoms with Gasteiger partial charge in [-0.25, -0.2) is 4.39 Å². The lowest BCUT2D eigenvalue weighted by atomic mass is 10.1. The predicted molar refractivity (Wildman–Crippen MR) is 76.5 cm³/mol.